The highest BCUT2D eigenvalue weighted by atomic mass is 15.0. The molecule has 0 rings (SSSR count). The van der Waals surface area contributed by atoms with Crippen LogP contribution in [0.4, 0.5) is 0 Å². The molecule has 0 saturated heterocycles. The van der Waals surface area contributed by atoms with Crippen molar-refractivity contribution in [2.75, 3.05) is 0 Å². The molecule has 0 aromatic heterocycles. The van der Waals surface area contributed by atoms with E-state index < -0.39 is 0 Å². The molecule has 2 nitrogen and oxygen atoms in total. The highest BCUT2D eigenvalue weighted by Crippen LogP contribution is 2.18. The molecule has 2 N–H and O–H groups in total. The standard InChI is InChI=1S/C18H30N2/c1-8-12-14(5)17(10-3)15(6)20-18(13-9-2)16(7)19-11-4/h10-12,18-20H,4,6-9,13H2,1-3,5H3/b14-12-,17-10+. The summed E-state index contributed by atoms with van der Waals surface area (Å²) in [5.74, 6) is 0. The molecule has 0 radical (unpaired) electrons. The Hall–Kier alpha value is -1.70. The van der Waals surface area contributed by atoms with E-state index in [2.05, 4.69) is 63.3 Å². The maximum Gasteiger partial charge on any atom is 0.0656 e. The summed E-state index contributed by atoms with van der Waals surface area (Å²) in [4.78, 5) is 0. The zero-order valence-corrected chi connectivity index (χ0v) is 13.6. The average Bonchev–Trinajstić information content (AvgIpc) is 2.39. The van der Waals surface area contributed by atoms with Crippen LogP contribution in [0.25, 0.3) is 0 Å². The highest BCUT2D eigenvalue weighted by molar-refractivity contribution is 5.43. The van der Waals surface area contributed by atoms with Gasteiger partial charge in [0.2, 0.25) is 0 Å². The lowest BCUT2D eigenvalue weighted by atomic mass is 10.0. The molecule has 0 aliphatic carbocycles. The summed E-state index contributed by atoms with van der Waals surface area (Å²) < 4.78 is 0. The Labute approximate surface area is 125 Å². The Morgan fingerprint density at radius 1 is 1.25 bits per heavy atom. The lowest BCUT2D eigenvalue weighted by molar-refractivity contribution is 0.567. The molecule has 0 aromatic carbocycles. The first kappa shape index (κ1) is 18.3. The van der Waals surface area contributed by atoms with Gasteiger partial charge in [0.15, 0.2) is 0 Å². The first-order chi connectivity index (χ1) is 9.51. The van der Waals surface area contributed by atoms with E-state index in [1.54, 1.807) is 6.20 Å². The summed E-state index contributed by atoms with van der Waals surface area (Å²) in [6.07, 6.45) is 9.09. The minimum atomic E-state index is 0.162. The molecule has 0 spiro atoms. The van der Waals surface area contributed by atoms with Gasteiger partial charge >= 0.3 is 0 Å². The summed E-state index contributed by atoms with van der Waals surface area (Å²) in [7, 11) is 0. The number of hydrogen-bond donors (Lipinski definition) is 2. The van der Waals surface area contributed by atoms with Gasteiger partial charge in [-0.15, -0.1) is 0 Å². The summed E-state index contributed by atoms with van der Waals surface area (Å²) in [5, 5.41) is 6.56. The normalized spacial score (nSPS) is 13.6. The maximum absolute atomic E-state index is 4.18. The third-order valence-corrected chi connectivity index (χ3v) is 3.18. The molecular formula is C18H30N2. The van der Waals surface area contributed by atoms with Crippen molar-refractivity contribution in [3.63, 3.8) is 0 Å². The molecule has 0 amide bonds. The lowest BCUT2D eigenvalue weighted by Gasteiger charge is -2.24. The van der Waals surface area contributed by atoms with Crippen molar-refractivity contribution in [2.45, 2.75) is 53.0 Å². The SMILES string of the molecule is C=CNC(=C)C(CCC)NC(=C)C(=C/C)/C(C)=C\CC. The van der Waals surface area contributed by atoms with Gasteiger partial charge in [0, 0.05) is 11.4 Å². The van der Waals surface area contributed by atoms with Gasteiger partial charge in [-0.25, -0.2) is 0 Å². The molecule has 0 bridgehead atoms. The maximum atomic E-state index is 4.18. The van der Waals surface area contributed by atoms with E-state index in [4.69, 9.17) is 0 Å². The van der Waals surface area contributed by atoms with Crippen molar-refractivity contribution in [3.8, 4) is 0 Å². The van der Waals surface area contributed by atoms with Crippen LogP contribution in [0.2, 0.25) is 0 Å². The Balaban J connectivity index is 4.94. The van der Waals surface area contributed by atoms with Gasteiger partial charge in [-0.2, -0.15) is 0 Å². The fourth-order valence-electron chi connectivity index (χ4n) is 2.20. The number of nitrogens with one attached hydrogen (secondary N) is 2. The predicted octanol–water partition coefficient (Wildman–Crippen LogP) is 4.81. The summed E-state index contributed by atoms with van der Waals surface area (Å²) in [6.45, 7) is 20.4. The summed E-state index contributed by atoms with van der Waals surface area (Å²) in [6, 6.07) is 0.162. The predicted molar refractivity (Wildman–Crippen MR) is 91.2 cm³/mol. The van der Waals surface area contributed by atoms with E-state index in [0.717, 1.165) is 30.7 Å². The van der Waals surface area contributed by atoms with Crippen LogP contribution in [0.1, 0.15) is 47.0 Å². The van der Waals surface area contributed by atoms with E-state index in [9.17, 15) is 0 Å². The van der Waals surface area contributed by atoms with Crippen LogP contribution in [0.3, 0.4) is 0 Å². The molecule has 20 heavy (non-hydrogen) atoms. The molecule has 0 saturated carbocycles. The second-order valence-electron chi connectivity index (χ2n) is 4.84. The van der Waals surface area contributed by atoms with Crippen molar-refractivity contribution >= 4 is 0 Å². The van der Waals surface area contributed by atoms with Crippen molar-refractivity contribution in [1.82, 2.24) is 10.6 Å². The van der Waals surface area contributed by atoms with Gasteiger partial charge in [0.1, 0.15) is 0 Å². The third-order valence-electron chi connectivity index (χ3n) is 3.18. The van der Waals surface area contributed by atoms with Gasteiger partial charge in [-0.1, -0.05) is 52.2 Å². The van der Waals surface area contributed by atoms with Gasteiger partial charge in [-0.05, 0) is 44.0 Å². The molecule has 0 heterocycles. The van der Waals surface area contributed by atoms with Gasteiger partial charge < -0.3 is 10.6 Å². The fraction of sp³-hybridized carbons (Fsp3) is 0.444. The largest absolute Gasteiger partial charge is 0.377 e. The highest BCUT2D eigenvalue weighted by Gasteiger charge is 2.13. The molecule has 0 aromatic rings. The third kappa shape index (κ3) is 5.96. The van der Waals surface area contributed by atoms with Gasteiger partial charge in [0.25, 0.3) is 0 Å². The van der Waals surface area contributed by atoms with Crippen molar-refractivity contribution < 1.29 is 0 Å². The number of rotatable bonds is 10. The number of hydrogen-bond acceptors (Lipinski definition) is 2. The van der Waals surface area contributed by atoms with Crippen molar-refractivity contribution in [2.24, 2.45) is 0 Å². The van der Waals surface area contributed by atoms with E-state index in [-0.39, 0.29) is 6.04 Å². The molecule has 1 atom stereocenters. The van der Waals surface area contributed by atoms with Crippen LogP contribution < -0.4 is 10.6 Å². The van der Waals surface area contributed by atoms with Crippen LogP contribution in [-0.4, -0.2) is 6.04 Å². The molecule has 1 unspecified atom stereocenters. The zero-order chi connectivity index (χ0) is 15.5. The Morgan fingerprint density at radius 2 is 1.90 bits per heavy atom. The minimum absolute atomic E-state index is 0.162. The molecular weight excluding hydrogens is 244 g/mol. The molecule has 0 fully saturated rings. The molecule has 2 heteroatoms. The first-order valence-electron chi connectivity index (χ1n) is 7.37. The average molecular weight is 274 g/mol. The van der Waals surface area contributed by atoms with Crippen LogP contribution >= 0.6 is 0 Å². The minimum Gasteiger partial charge on any atom is -0.377 e. The number of allylic oxidation sites excluding steroid dienone is 3. The lowest BCUT2D eigenvalue weighted by Crippen LogP contribution is -2.34. The van der Waals surface area contributed by atoms with Crippen molar-refractivity contribution in [1.29, 1.82) is 0 Å². The molecule has 112 valence electrons. The van der Waals surface area contributed by atoms with Crippen LogP contribution in [-0.2, 0) is 0 Å². The molecule has 0 aliphatic rings. The smallest absolute Gasteiger partial charge is 0.0656 e. The first-order valence-corrected chi connectivity index (χ1v) is 7.37. The zero-order valence-electron chi connectivity index (χ0n) is 13.6. The van der Waals surface area contributed by atoms with E-state index in [1.165, 1.54) is 11.1 Å². The topological polar surface area (TPSA) is 24.1 Å². The van der Waals surface area contributed by atoms with Crippen molar-refractivity contribution in [3.05, 3.63) is 60.6 Å². The molecule has 0 aliphatic heterocycles. The van der Waals surface area contributed by atoms with E-state index in [0.29, 0.717) is 0 Å². The Kier molecular flexibility index (Phi) is 9.27. The summed E-state index contributed by atoms with van der Waals surface area (Å²) >= 11 is 0. The summed E-state index contributed by atoms with van der Waals surface area (Å²) in [5.41, 5.74) is 4.29. The second-order valence-corrected chi connectivity index (χ2v) is 4.84. The van der Waals surface area contributed by atoms with Gasteiger partial charge in [0.05, 0.1) is 6.04 Å². The van der Waals surface area contributed by atoms with Gasteiger partial charge in [-0.3, -0.25) is 0 Å². The Morgan fingerprint density at radius 3 is 2.35 bits per heavy atom. The fourth-order valence-corrected chi connectivity index (χ4v) is 2.20. The monoisotopic (exact) mass is 274 g/mol. The van der Waals surface area contributed by atoms with E-state index >= 15 is 0 Å². The Bertz CT molecular complexity index is 400. The van der Waals surface area contributed by atoms with Crippen LogP contribution in [0, 0.1) is 0 Å². The van der Waals surface area contributed by atoms with Crippen LogP contribution in [0.15, 0.2) is 60.6 Å². The van der Waals surface area contributed by atoms with Crippen LogP contribution in [0.5, 0.6) is 0 Å². The van der Waals surface area contributed by atoms with E-state index in [1.807, 2.05) is 6.92 Å². The quantitative estimate of drug-likeness (QED) is 0.559. The second kappa shape index (κ2) is 10.1.